The Morgan fingerprint density at radius 1 is 0.850 bits per heavy atom. The van der Waals surface area contributed by atoms with E-state index in [-0.39, 0.29) is 6.10 Å². The van der Waals surface area contributed by atoms with Crippen LogP contribution < -0.4 is 0 Å². The summed E-state index contributed by atoms with van der Waals surface area (Å²) in [5.74, 6) is 2.41. The van der Waals surface area contributed by atoms with Gasteiger partial charge < -0.3 is 14.9 Å². The van der Waals surface area contributed by atoms with Gasteiger partial charge in [-0.15, -0.1) is 0 Å². The Labute approximate surface area is 124 Å². The molecule has 2 saturated carbocycles. The molecule has 2 aliphatic carbocycles. The third-order valence-electron chi connectivity index (χ3n) is 5.80. The van der Waals surface area contributed by atoms with Crippen molar-refractivity contribution in [3.8, 4) is 0 Å². The van der Waals surface area contributed by atoms with E-state index < -0.39 is 0 Å². The molecule has 116 valence electrons. The van der Waals surface area contributed by atoms with Gasteiger partial charge in [0.05, 0.1) is 6.10 Å². The van der Waals surface area contributed by atoms with E-state index in [9.17, 15) is 5.11 Å². The van der Waals surface area contributed by atoms with Gasteiger partial charge in [0.25, 0.3) is 0 Å². The molecule has 0 aromatic rings. The lowest BCUT2D eigenvalue weighted by Gasteiger charge is -2.40. The molecule has 1 saturated heterocycles. The minimum Gasteiger partial charge on any atom is -0.393 e. The molecule has 1 N–H and O–H groups in total. The van der Waals surface area contributed by atoms with Crippen LogP contribution in [0.15, 0.2) is 0 Å². The molecule has 1 aliphatic heterocycles. The van der Waals surface area contributed by atoms with E-state index >= 15 is 0 Å². The molecule has 3 nitrogen and oxygen atoms in total. The molecule has 0 aromatic heterocycles. The minimum atomic E-state index is -0.0395. The van der Waals surface area contributed by atoms with Gasteiger partial charge in [-0.25, -0.2) is 0 Å². The number of piperazine rings is 1. The number of nitrogens with zero attached hydrogens (tertiary/aromatic N) is 2. The number of aliphatic hydroxyl groups is 1. The molecule has 0 amide bonds. The predicted octanol–water partition coefficient (Wildman–Crippen LogP) is 2.20. The maximum Gasteiger partial charge on any atom is 0.0580 e. The summed E-state index contributed by atoms with van der Waals surface area (Å²) in [6.45, 7) is 9.70. The van der Waals surface area contributed by atoms with Crippen molar-refractivity contribution in [3.63, 3.8) is 0 Å². The van der Waals surface area contributed by atoms with Crippen molar-refractivity contribution in [2.24, 2.45) is 17.8 Å². The molecule has 1 heterocycles. The number of hydrogen-bond acceptors (Lipinski definition) is 3. The molecule has 20 heavy (non-hydrogen) atoms. The summed E-state index contributed by atoms with van der Waals surface area (Å²) in [5.41, 5.74) is 0. The second-order valence-corrected chi connectivity index (χ2v) is 7.46. The lowest BCUT2D eigenvalue weighted by Crippen LogP contribution is -2.49. The number of hydrogen-bond donors (Lipinski definition) is 1. The van der Waals surface area contributed by atoms with Crippen LogP contribution in [0.25, 0.3) is 0 Å². The quantitative estimate of drug-likeness (QED) is 0.836. The van der Waals surface area contributed by atoms with Crippen molar-refractivity contribution in [3.05, 3.63) is 0 Å². The number of aliphatic hydroxyl groups excluding tert-OH is 1. The normalized spacial score (nSPS) is 37.2. The van der Waals surface area contributed by atoms with Gasteiger partial charge in [0, 0.05) is 39.3 Å². The van der Waals surface area contributed by atoms with Gasteiger partial charge in [0.2, 0.25) is 0 Å². The predicted molar refractivity (Wildman–Crippen MR) is 82.7 cm³/mol. The van der Waals surface area contributed by atoms with Crippen LogP contribution in [0.3, 0.4) is 0 Å². The fourth-order valence-corrected chi connectivity index (χ4v) is 4.06. The first-order valence-electron chi connectivity index (χ1n) is 8.87. The van der Waals surface area contributed by atoms with Crippen molar-refractivity contribution in [2.75, 3.05) is 39.3 Å². The molecule has 3 aliphatic rings. The molecular weight excluding hydrogens is 248 g/mol. The fraction of sp³-hybridized carbons (Fsp3) is 1.00. The third kappa shape index (κ3) is 3.96. The average Bonchev–Trinajstić information content (AvgIpc) is 3.27. The zero-order chi connectivity index (χ0) is 13.9. The molecule has 3 rings (SSSR count). The van der Waals surface area contributed by atoms with Gasteiger partial charge in [-0.1, -0.05) is 13.3 Å². The lowest BCUT2D eigenvalue weighted by atomic mass is 9.78. The van der Waals surface area contributed by atoms with Gasteiger partial charge >= 0.3 is 0 Å². The Morgan fingerprint density at radius 3 is 2.05 bits per heavy atom. The van der Waals surface area contributed by atoms with E-state index in [1.165, 1.54) is 64.8 Å². The minimum absolute atomic E-state index is 0.0395. The Balaban J connectivity index is 1.41. The van der Waals surface area contributed by atoms with Crippen molar-refractivity contribution >= 4 is 0 Å². The first kappa shape index (κ1) is 14.8. The van der Waals surface area contributed by atoms with E-state index in [2.05, 4.69) is 16.7 Å². The zero-order valence-electron chi connectivity index (χ0n) is 13.1. The SMILES string of the molecule is CCC1CCC(O)C(CN2CCN(CC3CC3)CC2)C1. The summed E-state index contributed by atoms with van der Waals surface area (Å²) in [6.07, 6.45) is 7.70. The van der Waals surface area contributed by atoms with E-state index in [0.717, 1.165) is 24.8 Å². The van der Waals surface area contributed by atoms with Crippen LogP contribution in [0.5, 0.6) is 0 Å². The molecule has 0 bridgehead atoms. The molecule has 3 atom stereocenters. The van der Waals surface area contributed by atoms with Crippen LogP contribution in [0.1, 0.15) is 45.4 Å². The van der Waals surface area contributed by atoms with Gasteiger partial charge in [0.15, 0.2) is 0 Å². The van der Waals surface area contributed by atoms with Gasteiger partial charge in [-0.3, -0.25) is 0 Å². The second-order valence-electron chi connectivity index (χ2n) is 7.46. The summed E-state index contributed by atoms with van der Waals surface area (Å²) < 4.78 is 0. The van der Waals surface area contributed by atoms with Crippen molar-refractivity contribution in [1.29, 1.82) is 0 Å². The molecule has 0 aromatic carbocycles. The van der Waals surface area contributed by atoms with Crippen LogP contribution in [0.4, 0.5) is 0 Å². The van der Waals surface area contributed by atoms with Crippen molar-refractivity contribution in [2.45, 2.75) is 51.6 Å². The van der Waals surface area contributed by atoms with Gasteiger partial charge in [0.1, 0.15) is 0 Å². The molecule has 3 heteroatoms. The largest absolute Gasteiger partial charge is 0.393 e. The van der Waals surface area contributed by atoms with E-state index in [1.54, 1.807) is 0 Å². The summed E-state index contributed by atoms with van der Waals surface area (Å²) >= 11 is 0. The smallest absolute Gasteiger partial charge is 0.0580 e. The highest BCUT2D eigenvalue weighted by Crippen LogP contribution is 2.32. The summed E-state index contributed by atoms with van der Waals surface area (Å²) in [6, 6.07) is 0. The first-order valence-corrected chi connectivity index (χ1v) is 8.87. The first-order chi connectivity index (χ1) is 9.74. The lowest BCUT2D eigenvalue weighted by molar-refractivity contribution is 0.0159. The maximum atomic E-state index is 10.3. The van der Waals surface area contributed by atoms with E-state index in [4.69, 9.17) is 0 Å². The van der Waals surface area contributed by atoms with Crippen LogP contribution in [0.2, 0.25) is 0 Å². The highest BCUT2D eigenvalue weighted by atomic mass is 16.3. The molecular formula is C17H32N2O. The monoisotopic (exact) mass is 280 g/mol. The standard InChI is InChI=1S/C17H32N2O/c1-2-14-5-6-17(20)16(11-14)13-19-9-7-18(8-10-19)12-15-3-4-15/h14-17,20H,2-13H2,1H3. The Bertz CT molecular complexity index is 297. The molecule has 0 spiro atoms. The maximum absolute atomic E-state index is 10.3. The Kier molecular flexibility index (Phi) is 5.00. The van der Waals surface area contributed by atoms with Crippen molar-refractivity contribution < 1.29 is 5.11 Å². The third-order valence-corrected chi connectivity index (χ3v) is 5.80. The fourth-order valence-electron chi connectivity index (χ4n) is 4.06. The Hall–Kier alpha value is -0.120. The summed E-state index contributed by atoms with van der Waals surface area (Å²) in [5, 5.41) is 10.3. The second kappa shape index (κ2) is 6.76. The Morgan fingerprint density at radius 2 is 1.45 bits per heavy atom. The molecule has 3 fully saturated rings. The number of rotatable bonds is 5. The zero-order valence-corrected chi connectivity index (χ0v) is 13.1. The molecule has 3 unspecified atom stereocenters. The van der Waals surface area contributed by atoms with Crippen molar-refractivity contribution in [1.82, 2.24) is 9.80 Å². The van der Waals surface area contributed by atoms with E-state index in [0.29, 0.717) is 5.92 Å². The average molecular weight is 280 g/mol. The van der Waals surface area contributed by atoms with Crippen LogP contribution in [-0.2, 0) is 0 Å². The highest BCUT2D eigenvalue weighted by Gasteiger charge is 2.31. The highest BCUT2D eigenvalue weighted by molar-refractivity contribution is 4.85. The summed E-state index contributed by atoms with van der Waals surface area (Å²) in [4.78, 5) is 5.26. The van der Waals surface area contributed by atoms with Gasteiger partial charge in [-0.05, 0) is 49.9 Å². The van der Waals surface area contributed by atoms with E-state index in [1.807, 2.05) is 0 Å². The topological polar surface area (TPSA) is 26.7 Å². The van der Waals surface area contributed by atoms with Crippen LogP contribution >= 0.6 is 0 Å². The van der Waals surface area contributed by atoms with Crippen LogP contribution in [-0.4, -0.2) is 60.3 Å². The molecule has 0 radical (unpaired) electrons. The van der Waals surface area contributed by atoms with Gasteiger partial charge in [-0.2, -0.15) is 0 Å². The summed E-state index contributed by atoms with van der Waals surface area (Å²) in [7, 11) is 0. The van der Waals surface area contributed by atoms with Crippen LogP contribution in [0, 0.1) is 17.8 Å².